The predicted octanol–water partition coefficient (Wildman–Crippen LogP) is 0.516. The molecule has 4 heteroatoms. The van der Waals surface area contributed by atoms with Crippen LogP contribution in [0.15, 0.2) is 0 Å². The van der Waals surface area contributed by atoms with Crippen molar-refractivity contribution in [1.82, 2.24) is 4.90 Å². The molecule has 13 heavy (non-hydrogen) atoms. The van der Waals surface area contributed by atoms with Crippen LogP contribution < -0.4 is 0 Å². The van der Waals surface area contributed by atoms with Crippen molar-refractivity contribution in [1.29, 1.82) is 0 Å². The average Bonchev–Trinajstić information content (AvgIpc) is 2.14. The SMILES string of the molecule is CCN(CC(=O)OC)C(C)COC. The number of carbonyl (C=O) groups excluding carboxylic acids is 1. The third-order valence-electron chi connectivity index (χ3n) is 2.00. The van der Waals surface area contributed by atoms with Gasteiger partial charge < -0.3 is 9.47 Å². The molecule has 0 aliphatic rings. The zero-order valence-electron chi connectivity index (χ0n) is 8.87. The lowest BCUT2D eigenvalue weighted by molar-refractivity contribution is -0.142. The molecule has 1 atom stereocenters. The van der Waals surface area contributed by atoms with Gasteiger partial charge in [0.05, 0.1) is 20.3 Å². The molecule has 0 N–H and O–H groups in total. The summed E-state index contributed by atoms with van der Waals surface area (Å²) in [6.45, 7) is 5.81. The molecule has 0 aromatic heterocycles. The van der Waals surface area contributed by atoms with Gasteiger partial charge in [0.15, 0.2) is 0 Å². The van der Waals surface area contributed by atoms with E-state index in [2.05, 4.69) is 4.74 Å². The normalized spacial score (nSPS) is 13.0. The van der Waals surface area contributed by atoms with Crippen LogP contribution in [0.1, 0.15) is 13.8 Å². The fourth-order valence-corrected chi connectivity index (χ4v) is 1.16. The van der Waals surface area contributed by atoms with Gasteiger partial charge >= 0.3 is 5.97 Å². The van der Waals surface area contributed by atoms with Crippen molar-refractivity contribution in [2.75, 3.05) is 33.9 Å². The molecule has 78 valence electrons. The van der Waals surface area contributed by atoms with E-state index in [1.54, 1.807) is 7.11 Å². The third-order valence-corrected chi connectivity index (χ3v) is 2.00. The summed E-state index contributed by atoms with van der Waals surface area (Å²) >= 11 is 0. The molecule has 0 spiro atoms. The van der Waals surface area contributed by atoms with Gasteiger partial charge in [-0.25, -0.2) is 0 Å². The van der Waals surface area contributed by atoms with Gasteiger partial charge in [-0.3, -0.25) is 9.69 Å². The Labute approximate surface area is 79.8 Å². The Morgan fingerprint density at radius 3 is 2.46 bits per heavy atom. The monoisotopic (exact) mass is 189 g/mol. The lowest BCUT2D eigenvalue weighted by Gasteiger charge is -2.25. The Hall–Kier alpha value is -0.610. The van der Waals surface area contributed by atoms with Gasteiger partial charge in [-0.05, 0) is 13.5 Å². The van der Waals surface area contributed by atoms with Crippen molar-refractivity contribution >= 4 is 5.97 Å². The fraction of sp³-hybridized carbons (Fsp3) is 0.889. The van der Waals surface area contributed by atoms with Crippen LogP contribution in [0.2, 0.25) is 0 Å². The molecule has 0 aliphatic carbocycles. The molecule has 0 fully saturated rings. The first-order valence-corrected chi connectivity index (χ1v) is 4.45. The highest BCUT2D eigenvalue weighted by atomic mass is 16.5. The first kappa shape index (κ1) is 12.4. The van der Waals surface area contributed by atoms with Crippen LogP contribution in [0, 0.1) is 0 Å². The minimum atomic E-state index is -0.204. The molecule has 0 rings (SSSR count). The van der Waals surface area contributed by atoms with E-state index < -0.39 is 0 Å². The molecule has 0 saturated heterocycles. The minimum absolute atomic E-state index is 0.204. The van der Waals surface area contributed by atoms with Crippen molar-refractivity contribution in [2.45, 2.75) is 19.9 Å². The molecule has 0 aliphatic heterocycles. The maximum absolute atomic E-state index is 11.0. The molecule has 0 aromatic rings. The summed E-state index contributed by atoms with van der Waals surface area (Å²) in [7, 11) is 3.06. The van der Waals surface area contributed by atoms with E-state index in [1.165, 1.54) is 7.11 Å². The van der Waals surface area contributed by atoms with E-state index in [9.17, 15) is 4.79 Å². The molecule has 0 radical (unpaired) electrons. The summed E-state index contributed by atoms with van der Waals surface area (Å²) in [5, 5.41) is 0. The second kappa shape index (κ2) is 6.86. The summed E-state index contributed by atoms with van der Waals surface area (Å²) in [6, 6.07) is 0.245. The van der Waals surface area contributed by atoms with Crippen LogP contribution in [-0.2, 0) is 14.3 Å². The highest BCUT2D eigenvalue weighted by molar-refractivity contribution is 5.71. The summed E-state index contributed by atoms with van der Waals surface area (Å²) in [4.78, 5) is 13.0. The lowest BCUT2D eigenvalue weighted by Crippen LogP contribution is -2.40. The van der Waals surface area contributed by atoms with Crippen LogP contribution in [0.5, 0.6) is 0 Å². The number of rotatable bonds is 6. The number of carbonyl (C=O) groups is 1. The number of hydrogen-bond donors (Lipinski definition) is 0. The third kappa shape index (κ3) is 4.85. The smallest absolute Gasteiger partial charge is 0.319 e. The largest absolute Gasteiger partial charge is 0.468 e. The van der Waals surface area contributed by atoms with Crippen molar-refractivity contribution in [3.63, 3.8) is 0 Å². The van der Waals surface area contributed by atoms with Crippen LogP contribution in [-0.4, -0.2) is 50.8 Å². The molecule has 4 nitrogen and oxygen atoms in total. The first-order valence-electron chi connectivity index (χ1n) is 4.45. The summed E-state index contributed by atoms with van der Waals surface area (Å²) in [5.41, 5.74) is 0. The molecule has 0 heterocycles. The second-order valence-electron chi connectivity index (χ2n) is 2.94. The molecular weight excluding hydrogens is 170 g/mol. The van der Waals surface area contributed by atoms with E-state index in [1.807, 2.05) is 18.7 Å². The Morgan fingerprint density at radius 1 is 1.46 bits per heavy atom. The molecule has 0 amide bonds. The topological polar surface area (TPSA) is 38.8 Å². The highest BCUT2D eigenvalue weighted by Gasteiger charge is 2.15. The van der Waals surface area contributed by atoms with Crippen molar-refractivity contribution in [3.05, 3.63) is 0 Å². The van der Waals surface area contributed by atoms with Gasteiger partial charge in [-0.1, -0.05) is 6.92 Å². The van der Waals surface area contributed by atoms with Crippen molar-refractivity contribution in [3.8, 4) is 0 Å². The number of methoxy groups -OCH3 is 2. The number of nitrogens with zero attached hydrogens (tertiary/aromatic N) is 1. The fourth-order valence-electron chi connectivity index (χ4n) is 1.16. The maximum atomic E-state index is 11.0. The summed E-state index contributed by atoms with van der Waals surface area (Å²) in [6.07, 6.45) is 0. The average molecular weight is 189 g/mol. The summed E-state index contributed by atoms with van der Waals surface area (Å²) in [5.74, 6) is -0.204. The summed E-state index contributed by atoms with van der Waals surface area (Å²) < 4.78 is 9.60. The number of likely N-dealkylation sites (N-methyl/N-ethyl adjacent to an activating group) is 1. The van der Waals surface area contributed by atoms with E-state index in [0.29, 0.717) is 13.2 Å². The predicted molar refractivity (Wildman–Crippen MR) is 50.6 cm³/mol. The van der Waals surface area contributed by atoms with Gasteiger partial charge in [0, 0.05) is 13.2 Å². The zero-order valence-corrected chi connectivity index (χ0v) is 8.87. The van der Waals surface area contributed by atoms with Crippen LogP contribution in [0.25, 0.3) is 0 Å². The van der Waals surface area contributed by atoms with Crippen LogP contribution in [0.4, 0.5) is 0 Å². The Balaban J connectivity index is 3.93. The van der Waals surface area contributed by atoms with E-state index in [-0.39, 0.29) is 12.0 Å². The van der Waals surface area contributed by atoms with Gasteiger partial charge in [-0.2, -0.15) is 0 Å². The minimum Gasteiger partial charge on any atom is -0.468 e. The first-order chi connectivity index (χ1) is 6.15. The van der Waals surface area contributed by atoms with Gasteiger partial charge in [-0.15, -0.1) is 0 Å². The zero-order chi connectivity index (χ0) is 10.3. The quantitative estimate of drug-likeness (QED) is 0.571. The Bertz CT molecular complexity index is 150. The van der Waals surface area contributed by atoms with Gasteiger partial charge in [0.25, 0.3) is 0 Å². The van der Waals surface area contributed by atoms with Crippen molar-refractivity contribution in [2.24, 2.45) is 0 Å². The van der Waals surface area contributed by atoms with E-state index in [0.717, 1.165) is 6.54 Å². The van der Waals surface area contributed by atoms with Crippen molar-refractivity contribution < 1.29 is 14.3 Å². The van der Waals surface area contributed by atoms with Crippen LogP contribution >= 0.6 is 0 Å². The number of hydrogen-bond acceptors (Lipinski definition) is 4. The van der Waals surface area contributed by atoms with Gasteiger partial charge in [0.2, 0.25) is 0 Å². The molecular formula is C9H19NO3. The van der Waals surface area contributed by atoms with Gasteiger partial charge in [0.1, 0.15) is 0 Å². The Morgan fingerprint density at radius 2 is 2.08 bits per heavy atom. The standard InChI is InChI=1S/C9H19NO3/c1-5-10(6-9(11)13-4)8(2)7-12-3/h8H,5-7H2,1-4H3. The highest BCUT2D eigenvalue weighted by Crippen LogP contribution is 1.99. The Kier molecular flexibility index (Phi) is 6.54. The number of esters is 1. The molecule has 0 aromatic carbocycles. The lowest BCUT2D eigenvalue weighted by atomic mass is 10.3. The van der Waals surface area contributed by atoms with Crippen LogP contribution in [0.3, 0.4) is 0 Å². The molecule has 0 bridgehead atoms. The van der Waals surface area contributed by atoms with E-state index in [4.69, 9.17) is 4.74 Å². The van der Waals surface area contributed by atoms with E-state index >= 15 is 0 Å². The maximum Gasteiger partial charge on any atom is 0.319 e. The molecule has 0 saturated carbocycles. The second-order valence-corrected chi connectivity index (χ2v) is 2.94. The number of ether oxygens (including phenoxy) is 2. The molecule has 1 unspecified atom stereocenters.